The molecular formula is C15H18FN3O2S2. The highest BCUT2D eigenvalue weighted by atomic mass is 32.2. The second kappa shape index (κ2) is 8.26. The molecule has 8 heteroatoms. The predicted octanol–water partition coefficient (Wildman–Crippen LogP) is 3.83. The Morgan fingerprint density at radius 3 is 2.65 bits per heavy atom. The summed E-state index contributed by atoms with van der Waals surface area (Å²) in [4.78, 5) is 12.1. The number of halogens is 1. The Morgan fingerprint density at radius 1 is 1.30 bits per heavy atom. The molecule has 1 N–H and O–H groups in total. The van der Waals surface area contributed by atoms with Crippen molar-refractivity contribution in [1.29, 1.82) is 0 Å². The van der Waals surface area contributed by atoms with Crippen LogP contribution in [0.25, 0.3) is 0 Å². The number of amides is 1. The van der Waals surface area contributed by atoms with Gasteiger partial charge in [-0.2, -0.15) is 0 Å². The van der Waals surface area contributed by atoms with Crippen LogP contribution in [0.2, 0.25) is 0 Å². The topological polar surface area (TPSA) is 64.1 Å². The van der Waals surface area contributed by atoms with Gasteiger partial charge in [0, 0.05) is 5.75 Å². The van der Waals surface area contributed by atoms with Crippen LogP contribution >= 0.6 is 23.1 Å². The van der Waals surface area contributed by atoms with E-state index in [1.807, 2.05) is 0 Å². The molecule has 124 valence electrons. The molecule has 1 aromatic heterocycles. The van der Waals surface area contributed by atoms with Crippen molar-refractivity contribution in [3.05, 3.63) is 30.1 Å². The van der Waals surface area contributed by atoms with Crippen LogP contribution < -0.4 is 10.1 Å². The molecule has 2 rings (SSSR count). The van der Waals surface area contributed by atoms with Gasteiger partial charge in [0.15, 0.2) is 10.4 Å². The molecule has 0 aliphatic rings. The molecule has 0 saturated carbocycles. The number of ether oxygens (including phenoxy) is 1. The third-order valence-corrected chi connectivity index (χ3v) is 5.07. The van der Waals surface area contributed by atoms with Crippen LogP contribution in [0.4, 0.5) is 9.52 Å². The minimum absolute atomic E-state index is 0.328. The van der Waals surface area contributed by atoms with Gasteiger partial charge in [0.05, 0.1) is 0 Å². The first-order chi connectivity index (χ1) is 10.9. The third kappa shape index (κ3) is 5.80. The van der Waals surface area contributed by atoms with Crippen LogP contribution in [0, 0.1) is 11.7 Å². The lowest BCUT2D eigenvalue weighted by Crippen LogP contribution is -2.30. The summed E-state index contributed by atoms with van der Waals surface area (Å²) in [6, 6.07) is 5.52. The first-order valence-electron chi connectivity index (χ1n) is 7.13. The van der Waals surface area contributed by atoms with Crippen LogP contribution in [-0.2, 0) is 4.79 Å². The standard InChI is InChI=1S/C15H18FN3O2S2/c1-9(2)8-22-15-19-18-14(23-15)17-13(20)10(3)21-12-6-4-11(16)5-7-12/h4-7,9-10H,8H2,1-3H3,(H,17,18,20)/t10-/m0/s1. The molecule has 0 spiro atoms. The van der Waals surface area contributed by atoms with Crippen molar-refractivity contribution in [2.24, 2.45) is 5.92 Å². The molecule has 0 bridgehead atoms. The Hall–Kier alpha value is -1.67. The summed E-state index contributed by atoms with van der Waals surface area (Å²) in [6.07, 6.45) is -0.726. The average Bonchev–Trinajstić information content (AvgIpc) is 2.95. The van der Waals surface area contributed by atoms with Gasteiger partial charge in [-0.25, -0.2) is 4.39 Å². The van der Waals surface area contributed by atoms with E-state index in [2.05, 4.69) is 29.4 Å². The molecule has 2 aromatic rings. The fourth-order valence-corrected chi connectivity index (χ4v) is 3.27. The number of thioether (sulfide) groups is 1. The van der Waals surface area contributed by atoms with E-state index >= 15 is 0 Å². The highest BCUT2D eigenvalue weighted by molar-refractivity contribution is 8.01. The van der Waals surface area contributed by atoms with E-state index in [4.69, 9.17) is 4.74 Å². The lowest BCUT2D eigenvalue weighted by Gasteiger charge is -2.13. The minimum Gasteiger partial charge on any atom is -0.481 e. The molecule has 1 aromatic carbocycles. The highest BCUT2D eigenvalue weighted by Gasteiger charge is 2.17. The molecule has 0 aliphatic carbocycles. The quantitative estimate of drug-likeness (QED) is 0.604. The summed E-state index contributed by atoms with van der Waals surface area (Å²) in [6.45, 7) is 5.88. The van der Waals surface area contributed by atoms with Crippen molar-refractivity contribution in [2.45, 2.75) is 31.2 Å². The second-order valence-corrected chi connectivity index (χ2v) is 7.53. The number of rotatable bonds is 7. The van der Waals surface area contributed by atoms with Gasteiger partial charge in [0.1, 0.15) is 11.6 Å². The van der Waals surface area contributed by atoms with E-state index < -0.39 is 6.10 Å². The first kappa shape index (κ1) is 17.7. The largest absolute Gasteiger partial charge is 0.481 e. The summed E-state index contributed by atoms with van der Waals surface area (Å²) in [5, 5.41) is 11.1. The van der Waals surface area contributed by atoms with Crippen molar-refractivity contribution in [1.82, 2.24) is 10.2 Å². The van der Waals surface area contributed by atoms with Crippen molar-refractivity contribution in [3.63, 3.8) is 0 Å². The van der Waals surface area contributed by atoms with Crippen LogP contribution in [0.15, 0.2) is 28.6 Å². The van der Waals surface area contributed by atoms with Gasteiger partial charge in [-0.15, -0.1) is 10.2 Å². The summed E-state index contributed by atoms with van der Waals surface area (Å²) in [7, 11) is 0. The van der Waals surface area contributed by atoms with E-state index in [9.17, 15) is 9.18 Å². The Balaban J connectivity index is 1.86. The van der Waals surface area contributed by atoms with Gasteiger partial charge >= 0.3 is 0 Å². The molecule has 1 atom stereocenters. The van der Waals surface area contributed by atoms with Crippen molar-refractivity contribution in [2.75, 3.05) is 11.1 Å². The van der Waals surface area contributed by atoms with E-state index in [0.29, 0.717) is 16.8 Å². The van der Waals surface area contributed by atoms with Gasteiger partial charge in [-0.1, -0.05) is 36.9 Å². The summed E-state index contributed by atoms with van der Waals surface area (Å²) < 4.78 is 19.1. The van der Waals surface area contributed by atoms with Gasteiger partial charge in [-0.05, 0) is 37.1 Å². The van der Waals surface area contributed by atoms with E-state index in [-0.39, 0.29) is 11.7 Å². The number of carbonyl (C=O) groups is 1. The SMILES string of the molecule is CC(C)CSc1nnc(NC(=O)[C@H](C)Oc2ccc(F)cc2)s1. The molecule has 1 amide bonds. The fraction of sp³-hybridized carbons (Fsp3) is 0.400. The lowest BCUT2D eigenvalue weighted by molar-refractivity contribution is -0.122. The number of hydrogen-bond donors (Lipinski definition) is 1. The third-order valence-electron chi connectivity index (χ3n) is 2.67. The molecule has 1 heterocycles. The maximum atomic E-state index is 12.8. The molecule has 0 saturated heterocycles. The van der Waals surface area contributed by atoms with Crippen LogP contribution in [0.5, 0.6) is 5.75 Å². The predicted molar refractivity (Wildman–Crippen MR) is 90.6 cm³/mol. The Kier molecular flexibility index (Phi) is 6.35. The number of benzene rings is 1. The average molecular weight is 355 g/mol. The highest BCUT2D eigenvalue weighted by Crippen LogP contribution is 2.27. The van der Waals surface area contributed by atoms with Crippen LogP contribution in [-0.4, -0.2) is 28.0 Å². The summed E-state index contributed by atoms with van der Waals surface area (Å²) in [5.74, 6) is 1.26. The number of carbonyl (C=O) groups excluding carboxylic acids is 1. The Bertz CT molecular complexity index is 646. The normalized spacial score (nSPS) is 12.2. The molecule has 0 unspecified atom stereocenters. The molecular weight excluding hydrogens is 337 g/mol. The molecule has 0 fully saturated rings. The number of nitrogens with zero attached hydrogens (tertiary/aromatic N) is 2. The zero-order valence-corrected chi connectivity index (χ0v) is 14.7. The maximum absolute atomic E-state index is 12.8. The number of aromatic nitrogens is 2. The number of nitrogens with one attached hydrogen (secondary N) is 1. The minimum atomic E-state index is -0.726. The zero-order valence-electron chi connectivity index (χ0n) is 13.1. The smallest absolute Gasteiger partial charge is 0.266 e. The first-order valence-corrected chi connectivity index (χ1v) is 8.93. The van der Waals surface area contributed by atoms with Crippen LogP contribution in [0.1, 0.15) is 20.8 Å². The Morgan fingerprint density at radius 2 is 2.00 bits per heavy atom. The maximum Gasteiger partial charge on any atom is 0.266 e. The van der Waals surface area contributed by atoms with Crippen molar-refractivity contribution in [3.8, 4) is 5.75 Å². The van der Waals surface area contributed by atoms with Gasteiger partial charge in [0.2, 0.25) is 5.13 Å². The number of anilines is 1. The number of hydrogen-bond acceptors (Lipinski definition) is 6. The Labute approximate surface area is 142 Å². The lowest BCUT2D eigenvalue weighted by atomic mass is 10.3. The fourth-order valence-electron chi connectivity index (χ4n) is 1.53. The van der Waals surface area contributed by atoms with Crippen molar-refractivity contribution >= 4 is 34.1 Å². The molecule has 0 aliphatic heterocycles. The summed E-state index contributed by atoms with van der Waals surface area (Å²) in [5.41, 5.74) is 0. The van der Waals surface area contributed by atoms with Gasteiger partial charge in [0.25, 0.3) is 5.91 Å². The van der Waals surface area contributed by atoms with Gasteiger partial charge in [-0.3, -0.25) is 10.1 Å². The van der Waals surface area contributed by atoms with Crippen LogP contribution in [0.3, 0.4) is 0 Å². The second-order valence-electron chi connectivity index (χ2n) is 5.28. The molecule has 0 radical (unpaired) electrons. The van der Waals surface area contributed by atoms with Gasteiger partial charge < -0.3 is 4.74 Å². The van der Waals surface area contributed by atoms with E-state index in [1.54, 1.807) is 18.7 Å². The van der Waals surface area contributed by atoms with Crippen molar-refractivity contribution < 1.29 is 13.9 Å². The zero-order chi connectivity index (χ0) is 16.8. The van der Waals surface area contributed by atoms with E-state index in [0.717, 1.165) is 10.1 Å². The van der Waals surface area contributed by atoms with E-state index in [1.165, 1.54) is 35.6 Å². The molecule has 5 nitrogen and oxygen atoms in total. The molecule has 23 heavy (non-hydrogen) atoms. The summed E-state index contributed by atoms with van der Waals surface area (Å²) >= 11 is 2.95. The monoisotopic (exact) mass is 355 g/mol.